The van der Waals surface area contributed by atoms with Crippen molar-refractivity contribution in [3.8, 4) is 0 Å². The van der Waals surface area contributed by atoms with E-state index in [1.165, 1.54) is 32.1 Å². The molecule has 2 saturated carbocycles. The van der Waals surface area contributed by atoms with Crippen LogP contribution in [0.15, 0.2) is 0 Å². The van der Waals surface area contributed by atoms with Crippen molar-refractivity contribution in [3.63, 3.8) is 0 Å². The fourth-order valence-electron chi connectivity index (χ4n) is 5.46. The first-order valence-corrected chi connectivity index (χ1v) is 15.1. The molecule has 1 heterocycles. The highest BCUT2D eigenvalue weighted by Gasteiger charge is 2.64. The first-order chi connectivity index (χ1) is 13.6. The van der Waals surface area contributed by atoms with Crippen LogP contribution in [0.1, 0.15) is 85.5 Å². The lowest BCUT2D eigenvalue weighted by atomic mass is 9.69. The zero-order valence-electron chi connectivity index (χ0n) is 19.8. The number of aliphatic hydroxyl groups is 1. The summed E-state index contributed by atoms with van der Waals surface area (Å²) in [6, 6.07) is 0. The van der Waals surface area contributed by atoms with Gasteiger partial charge in [-0.2, -0.15) is 0 Å². The lowest BCUT2D eigenvalue weighted by molar-refractivity contribution is -0.275. The van der Waals surface area contributed by atoms with Crippen molar-refractivity contribution < 1.29 is 19.0 Å². The zero-order valence-corrected chi connectivity index (χ0v) is 20.8. The molecule has 5 atom stereocenters. The quantitative estimate of drug-likeness (QED) is 0.350. The normalized spacial score (nSPS) is 32.4. The number of ether oxygens (including phenoxy) is 2. The Balaban J connectivity index is 1.54. The Bertz CT molecular complexity index is 523. The standard InChI is InChI=1S/C24H46O4Si/c1-7-8-9-10-11-19(28-29(5,6)23(2,3)4)13-12-18-16-21-20(22(18)25)17-24(21)26-14-15-27-24/h18-22,25H,7-17H2,1-6H3. The maximum absolute atomic E-state index is 10.9. The van der Waals surface area contributed by atoms with Crippen LogP contribution in [-0.2, 0) is 13.9 Å². The van der Waals surface area contributed by atoms with Gasteiger partial charge in [-0.25, -0.2) is 0 Å². The van der Waals surface area contributed by atoms with Crippen molar-refractivity contribution in [3.05, 3.63) is 0 Å². The molecule has 0 aromatic heterocycles. The van der Waals surface area contributed by atoms with E-state index in [2.05, 4.69) is 40.8 Å². The minimum absolute atomic E-state index is 0.188. The van der Waals surface area contributed by atoms with Crippen molar-refractivity contribution in [2.45, 2.75) is 122 Å². The van der Waals surface area contributed by atoms with Gasteiger partial charge in [0.05, 0.1) is 19.3 Å². The van der Waals surface area contributed by atoms with Crippen LogP contribution in [0.4, 0.5) is 0 Å². The minimum Gasteiger partial charge on any atom is -0.414 e. The summed E-state index contributed by atoms with van der Waals surface area (Å²) in [7, 11) is -1.77. The van der Waals surface area contributed by atoms with Crippen LogP contribution in [-0.4, -0.2) is 44.6 Å². The van der Waals surface area contributed by atoms with Gasteiger partial charge in [-0.3, -0.25) is 0 Å². The maximum atomic E-state index is 10.9. The molecule has 170 valence electrons. The Kier molecular flexibility index (Phi) is 7.59. The molecule has 0 amide bonds. The molecular weight excluding hydrogens is 380 g/mol. The third kappa shape index (κ3) is 5.11. The van der Waals surface area contributed by atoms with Crippen LogP contribution < -0.4 is 0 Å². The summed E-state index contributed by atoms with van der Waals surface area (Å²) in [5, 5.41) is 11.1. The van der Waals surface area contributed by atoms with E-state index >= 15 is 0 Å². The molecule has 0 aromatic rings. The van der Waals surface area contributed by atoms with E-state index < -0.39 is 8.32 Å². The van der Waals surface area contributed by atoms with E-state index in [-0.39, 0.29) is 16.9 Å². The molecule has 0 aromatic carbocycles. The molecule has 5 unspecified atom stereocenters. The molecular formula is C24H46O4Si. The van der Waals surface area contributed by atoms with Gasteiger partial charge in [0.15, 0.2) is 14.1 Å². The van der Waals surface area contributed by atoms with E-state index in [1.54, 1.807) is 0 Å². The van der Waals surface area contributed by atoms with Gasteiger partial charge in [-0.1, -0.05) is 53.4 Å². The van der Waals surface area contributed by atoms with Gasteiger partial charge in [0.25, 0.3) is 0 Å². The largest absolute Gasteiger partial charge is 0.414 e. The highest BCUT2D eigenvalue weighted by atomic mass is 28.4. The first-order valence-electron chi connectivity index (χ1n) is 12.2. The molecule has 5 heteroatoms. The van der Waals surface area contributed by atoms with Gasteiger partial charge in [-0.15, -0.1) is 0 Å². The minimum atomic E-state index is -1.77. The molecule has 3 aliphatic rings. The molecule has 0 bridgehead atoms. The predicted octanol–water partition coefficient (Wildman–Crippen LogP) is 5.89. The van der Waals surface area contributed by atoms with Crippen LogP contribution >= 0.6 is 0 Å². The van der Waals surface area contributed by atoms with Gasteiger partial charge in [0, 0.05) is 18.4 Å². The lowest BCUT2D eigenvalue weighted by Crippen LogP contribution is -2.54. The van der Waals surface area contributed by atoms with Crippen LogP contribution in [0.25, 0.3) is 0 Å². The Morgan fingerprint density at radius 1 is 1.10 bits per heavy atom. The van der Waals surface area contributed by atoms with Gasteiger partial charge in [0.2, 0.25) is 0 Å². The van der Waals surface area contributed by atoms with Gasteiger partial charge in [0.1, 0.15) is 0 Å². The van der Waals surface area contributed by atoms with Crippen molar-refractivity contribution in [2.24, 2.45) is 17.8 Å². The van der Waals surface area contributed by atoms with Crippen LogP contribution in [0.2, 0.25) is 18.1 Å². The van der Waals surface area contributed by atoms with E-state index in [0.717, 1.165) is 25.7 Å². The van der Waals surface area contributed by atoms with Crippen molar-refractivity contribution in [1.29, 1.82) is 0 Å². The summed E-state index contributed by atoms with van der Waals surface area (Å²) in [4.78, 5) is 0. The second-order valence-corrected chi connectivity index (χ2v) is 16.2. The van der Waals surface area contributed by atoms with Crippen molar-refractivity contribution in [2.75, 3.05) is 13.2 Å². The van der Waals surface area contributed by atoms with Gasteiger partial charge < -0.3 is 19.0 Å². The average molecular weight is 427 g/mol. The Hall–Kier alpha value is 0.0569. The fourth-order valence-corrected chi connectivity index (χ4v) is 6.88. The Morgan fingerprint density at radius 3 is 2.41 bits per heavy atom. The summed E-state index contributed by atoms with van der Waals surface area (Å²) >= 11 is 0. The highest BCUT2D eigenvalue weighted by molar-refractivity contribution is 6.74. The summed E-state index contributed by atoms with van der Waals surface area (Å²) in [6.45, 7) is 15.4. The Morgan fingerprint density at radius 2 is 1.79 bits per heavy atom. The second kappa shape index (κ2) is 9.28. The highest BCUT2D eigenvalue weighted by Crippen LogP contribution is 2.59. The summed E-state index contributed by atoms with van der Waals surface area (Å²) in [6.07, 6.45) is 10.6. The first kappa shape index (κ1) is 23.7. The summed E-state index contributed by atoms with van der Waals surface area (Å²) < 4.78 is 18.7. The maximum Gasteiger partial charge on any atom is 0.192 e. The van der Waals surface area contributed by atoms with E-state index in [9.17, 15) is 5.11 Å². The molecule has 0 radical (unpaired) electrons. The summed E-state index contributed by atoms with van der Waals surface area (Å²) in [5.74, 6) is 0.799. The zero-order chi connectivity index (χ0) is 21.3. The topological polar surface area (TPSA) is 47.9 Å². The molecule has 3 rings (SSSR count). The molecule has 29 heavy (non-hydrogen) atoms. The molecule has 3 fully saturated rings. The Labute approximate surface area is 180 Å². The third-order valence-electron chi connectivity index (χ3n) is 8.36. The van der Waals surface area contributed by atoms with E-state index in [1.807, 2.05) is 0 Å². The third-order valence-corrected chi connectivity index (χ3v) is 12.9. The SMILES string of the molecule is CCCCCCC(CCC1CC2C(CC23OCCO3)C1O)O[Si](C)(C)C(C)(C)C. The number of aliphatic hydroxyl groups excluding tert-OH is 1. The van der Waals surface area contributed by atoms with E-state index in [4.69, 9.17) is 13.9 Å². The number of fused-ring (bicyclic) bond motifs is 2. The van der Waals surface area contributed by atoms with Crippen molar-refractivity contribution >= 4 is 8.32 Å². The van der Waals surface area contributed by atoms with Crippen LogP contribution in [0.5, 0.6) is 0 Å². The molecule has 2 aliphatic carbocycles. The van der Waals surface area contributed by atoms with Gasteiger partial charge >= 0.3 is 0 Å². The van der Waals surface area contributed by atoms with Gasteiger partial charge in [-0.05, 0) is 55.7 Å². The predicted molar refractivity (Wildman–Crippen MR) is 120 cm³/mol. The van der Waals surface area contributed by atoms with Crippen LogP contribution in [0.3, 0.4) is 0 Å². The number of hydrogen-bond donors (Lipinski definition) is 1. The molecule has 1 spiro atoms. The second-order valence-electron chi connectivity index (χ2n) is 11.4. The van der Waals surface area contributed by atoms with Crippen LogP contribution in [0, 0.1) is 17.8 Å². The lowest BCUT2D eigenvalue weighted by Gasteiger charge is -2.48. The summed E-state index contributed by atoms with van der Waals surface area (Å²) in [5.41, 5.74) is 0. The fraction of sp³-hybridized carbons (Fsp3) is 1.00. The van der Waals surface area contributed by atoms with Crippen molar-refractivity contribution in [1.82, 2.24) is 0 Å². The number of unbranched alkanes of at least 4 members (excludes halogenated alkanes) is 3. The monoisotopic (exact) mass is 426 g/mol. The molecule has 1 N–H and O–H groups in total. The number of hydrogen-bond acceptors (Lipinski definition) is 4. The number of rotatable bonds is 10. The molecule has 4 nitrogen and oxygen atoms in total. The average Bonchev–Trinajstić information content (AvgIpc) is 3.21. The molecule has 1 aliphatic heterocycles. The smallest absolute Gasteiger partial charge is 0.192 e. The molecule has 1 saturated heterocycles. The van der Waals surface area contributed by atoms with E-state index in [0.29, 0.717) is 37.1 Å².